The maximum atomic E-state index is 13.7. The first-order valence-corrected chi connectivity index (χ1v) is 13.2. The molecule has 0 radical (unpaired) electrons. The van der Waals surface area contributed by atoms with Crippen molar-refractivity contribution >= 4 is 29.4 Å². The van der Waals surface area contributed by atoms with Gasteiger partial charge in [-0.05, 0) is 68.7 Å². The second kappa shape index (κ2) is 9.82. The van der Waals surface area contributed by atoms with Gasteiger partial charge in [0.15, 0.2) is 11.6 Å². The number of Topliss-reactive ketones (excluding diaryl/α,β-unsaturated/α-hetero) is 1. The summed E-state index contributed by atoms with van der Waals surface area (Å²) in [5.41, 5.74) is 3.51. The van der Waals surface area contributed by atoms with Crippen LogP contribution in [0, 0.1) is 24.7 Å². The quantitative estimate of drug-likeness (QED) is 0.244. The number of allylic oxidation sites excluding steroid dienone is 6. The van der Waals surface area contributed by atoms with Gasteiger partial charge in [-0.2, -0.15) is 0 Å². The highest BCUT2D eigenvalue weighted by Crippen LogP contribution is 2.55. The van der Waals surface area contributed by atoms with Crippen molar-refractivity contribution in [2.45, 2.75) is 58.3 Å². The second-order valence-electron chi connectivity index (χ2n) is 10.8. The van der Waals surface area contributed by atoms with Crippen LogP contribution >= 0.6 is 0 Å². The van der Waals surface area contributed by atoms with Crippen molar-refractivity contribution in [3.05, 3.63) is 63.8 Å². The fourth-order valence-electron chi connectivity index (χ4n) is 6.63. The van der Waals surface area contributed by atoms with E-state index in [1.807, 2.05) is 12.1 Å². The molecule has 1 aromatic carbocycles. The van der Waals surface area contributed by atoms with E-state index in [2.05, 4.69) is 0 Å². The number of amides is 2. The van der Waals surface area contributed by atoms with E-state index in [9.17, 15) is 29.1 Å². The Balaban J connectivity index is 1.50. The molecular formula is C30H31NO7. The van der Waals surface area contributed by atoms with Gasteiger partial charge in [-0.15, -0.1) is 0 Å². The molecule has 1 saturated heterocycles. The number of phenolic OH excluding ortho intramolecular Hbond substituents is 1. The summed E-state index contributed by atoms with van der Waals surface area (Å²) in [6, 6.07) is 5.14. The Morgan fingerprint density at radius 2 is 1.79 bits per heavy atom. The molecule has 1 fully saturated rings. The predicted octanol–water partition coefficient (Wildman–Crippen LogP) is 3.78. The Morgan fingerprint density at radius 1 is 1.03 bits per heavy atom. The first-order valence-electron chi connectivity index (χ1n) is 13.2. The molecule has 0 bridgehead atoms. The molecule has 4 aliphatic rings. The van der Waals surface area contributed by atoms with Crippen molar-refractivity contribution in [1.29, 1.82) is 0 Å². The maximum Gasteiger partial charge on any atom is 0.303 e. The summed E-state index contributed by atoms with van der Waals surface area (Å²) in [6.07, 6.45) is 5.65. The standard InChI is InChI=1S/C30H31NO7/c1-15-12-17(7-10-22(15)32)25-18-8-9-19-26(20(18)14-21-27(25)23(33)13-16(2)28(21)36)30(38)31(29(19)37)11-5-3-4-6-24(34)35/h7-8,10,12-13,19-20,25-26,32H,3-6,9,11,14H2,1-2H3,(H,34,35). The van der Waals surface area contributed by atoms with Crippen LogP contribution in [-0.4, -0.2) is 51.0 Å². The molecule has 5 rings (SSSR count). The number of nitrogens with zero attached hydrogens (tertiary/aromatic N) is 1. The van der Waals surface area contributed by atoms with E-state index in [-0.39, 0.29) is 54.4 Å². The lowest BCUT2D eigenvalue weighted by atomic mass is 9.59. The van der Waals surface area contributed by atoms with Crippen LogP contribution in [0.3, 0.4) is 0 Å². The largest absolute Gasteiger partial charge is 0.508 e. The lowest BCUT2D eigenvalue weighted by Gasteiger charge is -2.42. The number of carboxylic acid groups (broad SMARTS) is 1. The van der Waals surface area contributed by atoms with E-state index in [1.54, 1.807) is 26.0 Å². The molecule has 2 N–H and O–H groups in total. The zero-order chi connectivity index (χ0) is 27.3. The molecule has 38 heavy (non-hydrogen) atoms. The summed E-state index contributed by atoms with van der Waals surface area (Å²) in [7, 11) is 0. The van der Waals surface area contributed by atoms with Crippen molar-refractivity contribution in [2.75, 3.05) is 6.54 Å². The summed E-state index contributed by atoms with van der Waals surface area (Å²) >= 11 is 0. The van der Waals surface area contributed by atoms with Crippen LogP contribution < -0.4 is 0 Å². The highest BCUT2D eigenvalue weighted by atomic mass is 16.4. The number of benzene rings is 1. The summed E-state index contributed by atoms with van der Waals surface area (Å²) in [4.78, 5) is 65.6. The SMILES string of the molecule is CC1=CC(=O)C2=C(CC3C(=CCC4C(=O)N(CCCCCC(=O)O)C(=O)C43)C2c2ccc(O)c(C)c2)C1=O. The number of rotatable bonds is 7. The number of unbranched alkanes of at least 4 members (excludes halogenated alkanes) is 2. The van der Waals surface area contributed by atoms with Crippen LogP contribution in [0.25, 0.3) is 0 Å². The normalized spacial score (nSPS) is 26.6. The minimum absolute atomic E-state index is 0.0542. The Morgan fingerprint density at radius 3 is 2.50 bits per heavy atom. The van der Waals surface area contributed by atoms with Gasteiger partial charge < -0.3 is 10.2 Å². The van der Waals surface area contributed by atoms with Crippen molar-refractivity contribution in [3.63, 3.8) is 0 Å². The number of carboxylic acids is 1. The van der Waals surface area contributed by atoms with Crippen molar-refractivity contribution < 1.29 is 34.2 Å². The summed E-state index contributed by atoms with van der Waals surface area (Å²) in [6.45, 7) is 3.64. The number of carbonyl (C=O) groups excluding carboxylic acids is 4. The molecule has 2 amide bonds. The van der Waals surface area contributed by atoms with E-state index in [1.165, 1.54) is 11.0 Å². The Bertz CT molecular complexity index is 1360. The number of ketones is 2. The number of likely N-dealkylation sites (tertiary alicyclic amines) is 1. The topological polar surface area (TPSA) is 129 Å². The molecule has 8 nitrogen and oxygen atoms in total. The molecule has 1 heterocycles. The molecule has 0 spiro atoms. The van der Waals surface area contributed by atoms with Gasteiger partial charge in [-0.1, -0.05) is 30.2 Å². The average molecular weight is 518 g/mol. The molecule has 8 heteroatoms. The number of hydrogen-bond acceptors (Lipinski definition) is 6. The number of carbonyl (C=O) groups is 5. The Kier molecular flexibility index (Phi) is 6.67. The number of fused-ring (bicyclic) bond motifs is 3. The van der Waals surface area contributed by atoms with Crippen LogP contribution in [0.5, 0.6) is 5.75 Å². The number of imide groups is 1. The molecule has 1 aromatic rings. The van der Waals surface area contributed by atoms with Crippen molar-refractivity contribution in [1.82, 2.24) is 4.90 Å². The van der Waals surface area contributed by atoms with Crippen molar-refractivity contribution in [2.24, 2.45) is 17.8 Å². The zero-order valence-corrected chi connectivity index (χ0v) is 21.5. The van der Waals surface area contributed by atoms with Gasteiger partial charge in [0.25, 0.3) is 0 Å². The van der Waals surface area contributed by atoms with Gasteiger partial charge in [-0.3, -0.25) is 28.9 Å². The van der Waals surface area contributed by atoms with Gasteiger partial charge in [-0.25, -0.2) is 0 Å². The minimum Gasteiger partial charge on any atom is -0.508 e. The smallest absolute Gasteiger partial charge is 0.303 e. The molecule has 4 atom stereocenters. The number of aliphatic carboxylic acids is 1. The number of aryl methyl sites for hydroxylation is 1. The monoisotopic (exact) mass is 517 g/mol. The molecule has 0 saturated carbocycles. The van der Waals surface area contributed by atoms with E-state index < -0.39 is 23.7 Å². The molecular weight excluding hydrogens is 486 g/mol. The highest BCUT2D eigenvalue weighted by Gasteiger charge is 2.56. The highest BCUT2D eigenvalue weighted by molar-refractivity contribution is 6.23. The summed E-state index contributed by atoms with van der Waals surface area (Å²) in [5, 5.41) is 18.9. The predicted molar refractivity (Wildman–Crippen MR) is 137 cm³/mol. The fraction of sp³-hybridized carbons (Fsp3) is 0.433. The molecule has 1 aliphatic heterocycles. The van der Waals surface area contributed by atoms with E-state index in [0.29, 0.717) is 48.0 Å². The van der Waals surface area contributed by atoms with Gasteiger partial charge in [0.2, 0.25) is 11.8 Å². The molecule has 198 valence electrons. The van der Waals surface area contributed by atoms with E-state index >= 15 is 0 Å². The van der Waals surface area contributed by atoms with Crippen molar-refractivity contribution in [3.8, 4) is 5.75 Å². The van der Waals surface area contributed by atoms with Crippen LogP contribution in [0.2, 0.25) is 0 Å². The first kappa shape index (κ1) is 25.8. The molecule has 0 aromatic heterocycles. The third-order valence-corrected chi connectivity index (χ3v) is 8.48. The van der Waals surface area contributed by atoms with Crippen LogP contribution in [-0.2, 0) is 24.0 Å². The second-order valence-corrected chi connectivity index (χ2v) is 10.8. The van der Waals surface area contributed by atoms with Gasteiger partial charge >= 0.3 is 5.97 Å². The molecule has 4 unspecified atom stereocenters. The van der Waals surface area contributed by atoms with E-state index in [0.717, 1.165) is 11.1 Å². The third kappa shape index (κ3) is 4.22. The number of aromatic hydroxyl groups is 1. The number of phenols is 1. The maximum absolute atomic E-state index is 13.7. The lowest BCUT2D eigenvalue weighted by molar-refractivity contribution is -0.141. The van der Waals surface area contributed by atoms with Crippen LogP contribution in [0.1, 0.15) is 62.5 Å². The average Bonchev–Trinajstić information content (AvgIpc) is 3.12. The van der Waals surface area contributed by atoms with Gasteiger partial charge in [0.05, 0.1) is 11.8 Å². The van der Waals surface area contributed by atoms with Crippen LogP contribution in [0.4, 0.5) is 0 Å². The summed E-state index contributed by atoms with van der Waals surface area (Å²) in [5.74, 6) is -3.65. The summed E-state index contributed by atoms with van der Waals surface area (Å²) < 4.78 is 0. The lowest BCUT2D eigenvalue weighted by Crippen LogP contribution is -2.39. The molecule has 3 aliphatic carbocycles. The number of hydrogen-bond donors (Lipinski definition) is 2. The van der Waals surface area contributed by atoms with E-state index in [4.69, 9.17) is 5.11 Å². The minimum atomic E-state index is -0.867. The zero-order valence-electron chi connectivity index (χ0n) is 21.5. The third-order valence-electron chi connectivity index (χ3n) is 8.48. The Hall–Kier alpha value is -3.81. The Labute approximate surface area is 220 Å². The van der Waals surface area contributed by atoms with Gasteiger partial charge in [0.1, 0.15) is 5.75 Å². The van der Waals surface area contributed by atoms with Crippen LogP contribution in [0.15, 0.2) is 52.6 Å². The van der Waals surface area contributed by atoms with Gasteiger partial charge in [0, 0.05) is 35.6 Å². The first-order chi connectivity index (χ1) is 18.1. The fourth-order valence-corrected chi connectivity index (χ4v) is 6.63.